The first-order valence-corrected chi connectivity index (χ1v) is 12.1. The van der Waals surface area contributed by atoms with Crippen LogP contribution in [0.25, 0.3) is 33.4 Å². The molecule has 160 valence electrons. The molecule has 33 heavy (non-hydrogen) atoms. The Bertz CT molecular complexity index is 1400. The summed E-state index contributed by atoms with van der Waals surface area (Å²) in [4.78, 5) is 0. The fraction of sp³-hybridized carbons (Fsp3) is 0.194. The molecule has 2 aliphatic carbocycles. The fourth-order valence-electron chi connectivity index (χ4n) is 5.97. The minimum Gasteiger partial charge on any atom is -0.192 e. The Labute approximate surface area is 200 Å². The molecular weight excluding hydrogens is 422 g/mol. The molecule has 1 spiro atoms. The highest BCUT2D eigenvalue weighted by atomic mass is 35.5. The van der Waals surface area contributed by atoms with E-state index in [0.717, 1.165) is 16.1 Å². The second-order valence-corrected chi connectivity index (χ2v) is 9.74. The third-order valence-corrected chi connectivity index (χ3v) is 7.93. The topological polar surface area (TPSA) is 23.8 Å². The number of halogens is 1. The van der Waals surface area contributed by atoms with E-state index in [1.54, 1.807) is 0 Å². The van der Waals surface area contributed by atoms with E-state index in [1.807, 2.05) is 24.3 Å². The summed E-state index contributed by atoms with van der Waals surface area (Å²) < 4.78 is 0. The van der Waals surface area contributed by atoms with Crippen LogP contribution in [0.1, 0.15) is 48.8 Å². The van der Waals surface area contributed by atoms with Gasteiger partial charge < -0.3 is 0 Å². The van der Waals surface area contributed by atoms with E-state index >= 15 is 0 Å². The Morgan fingerprint density at radius 3 is 1.91 bits per heavy atom. The molecule has 4 aromatic rings. The molecule has 0 bridgehead atoms. The lowest BCUT2D eigenvalue weighted by Gasteiger charge is -2.36. The van der Waals surface area contributed by atoms with E-state index in [9.17, 15) is 0 Å². The van der Waals surface area contributed by atoms with Gasteiger partial charge in [0.25, 0.3) is 0 Å². The van der Waals surface area contributed by atoms with E-state index < -0.39 is 0 Å². The Morgan fingerprint density at radius 2 is 1.24 bits per heavy atom. The van der Waals surface area contributed by atoms with Crippen molar-refractivity contribution in [2.75, 3.05) is 0 Å². The van der Waals surface area contributed by atoms with Crippen molar-refractivity contribution >= 4 is 11.6 Å². The van der Waals surface area contributed by atoms with Crippen molar-refractivity contribution in [3.63, 3.8) is 0 Å². The van der Waals surface area contributed by atoms with Crippen LogP contribution in [0, 0.1) is 11.3 Å². The van der Waals surface area contributed by atoms with Gasteiger partial charge in [0.2, 0.25) is 0 Å². The number of fused-ring (bicyclic) bond motifs is 5. The van der Waals surface area contributed by atoms with Crippen molar-refractivity contribution < 1.29 is 0 Å². The molecule has 0 aliphatic heterocycles. The van der Waals surface area contributed by atoms with Gasteiger partial charge in [-0.3, -0.25) is 0 Å². The summed E-state index contributed by atoms with van der Waals surface area (Å²) in [5.41, 5.74) is 11.1. The Balaban J connectivity index is 1.52. The van der Waals surface area contributed by atoms with Gasteiger partial charge in [0.1, 0.15) is 0 Å². The number of nitriles is 1. The van der Waals surface area contributed by atoms with E-state index in [-0.39, 0.29) is 5.41 Å². The summed E-state index contributed by atoms with van der Waals surface area (Å²) in [6.07, 6.45) is 6.21. The number of rotatable bonds is 2. The number of nitrogens with zero attached hydrogens (tertiary/aromatic N) is 1. The van der Waals surface area contributed by atoms with Gasteiger partial charge in [0.15, 0.2) is 0 Å². The molecule has 0 heterocycles. The molecule has 0 atom stereocenters. The highest BCUT2D eigenvalue weighted by Gasteiger charge is 2.44. The first-order valence-electron chi connectivity index (χ1n) is 11.7. The largest absolute Gasteiger partial charge is 0.192 e. The molecule has 6 rings (SSSR count). The predicted octanol–water partition coefficient (Wildman–Crippen LogP) is 8.78. The Kier molecular flexibility index (Phi) is 4.86. The van der Waals surface area contributed by atoms with Crippen LogP contribution in [-0.4, -0.2) is 0 Å². The molecular formula is C31H24ClN. The summed E-state index contributed by atoms with van der Waals surface area (Å²) in [7, 11) is 0. The highest BCUT2D eigenvalue weighted by molar-refractivity contribution is 6.33. The van der Waals surface area contributed by atoms with Gasteiger partial charge >= 0.3 is 0 Å². The quantitative estimate of drug-likeness (QED) is 0.302. The van der Waals surface area contributed by atoms with Crippen LogP contribution in [0.4, 0.5) is 0 Å². The number of benzene rings is 4. The van der Waals surface area contributed by atoms with Crippen LogP contribution in [0.3, 0.4) is 0 Å². The summed E-state index contributed by atoms with van der Waals surface area (Å²) in [6, 6.07) is 32.2. The van der Waals surface area contributed by atoms with Crippen LogP contribution < -0.4 is 0 Å². The average Bonchev–Trinajstić information content (AvgIpc) is 3.13. The van der Waals surface area contributed by atoms with Crippen LogP contribution in [0.2, 0.25) is 5.02 Å². The third kappa shape index (κ3) is 3.21. The highest BCUT2D eigenvalue weighted by Crippen LogP contribution is 2.57. The molecule has 0 radical (unpaired) electrons. The predicted molar refractivity (Wildman–Crippen MR) is 136 cm³/mol. The minimum absolute atomic E-state index is 0.0722. The van der Waals surface area contributed by atoms with E-state index in [0.29, 0.717) is 5.56 Å². The van der Waals surface area contributed by atoms with E-state index in [4.69, 9.17) is 16.9 Å². The summed E-state index contributed by atoms with van der Waals surface area (Å²) in [5, 5.41) is 9.96. The molecule has 2 heteroatoms. The van der Waals surface area contributed by atoms with Crippen LogP contribution >= 0.6 is 11.6 Å². The second kappa shape index (κ2) is 7.91. The zero-order valence-electron chi connectivity index (χ0n) is 18.4. The van der Waals surface area contributed by atoms with Gasteiger partial charge in [-0.05, 0) is 82.1 Å². The fourth-order valence-corrected chi connectivity index (χ4v) is 6.21. The first kappa shape index (κ1) is 20.3. The van der Waals surface area contributed by atoms with Gasteiger partial charge in [-0.2, -0.15) is 5.26 Å². The lowest BCUT2D eigenvalue weighted by atomic mass is 9.67. The lowest BCUT2D eigenvalue weighted by molar-refractivity contribution is 0.353. The smallest absolute Gasteiger partial charge is 0.0991 e. The molecule has 1 fully saturated rings. The first-order chi connectivity index (χ1) is 16.2. The Hall–Kier alpha value is -3.34. The molecule has 4 aromatic carbocycles. The zero-order valence-corrected chi connectivity index (χ0v) is 19.2. The van der Waals surface area contributed by atoms with Gasteiger partial charge in [0.05, 0.1) is 11.6 Å². The summed E-state index contributed by atoms with van der Waals surface area (Å²) in [6.45, 7) is 0. The van der Waals surface area contributed by atoms with Crippen LogP contribution in [0.5, 0.6) is 0 Å². The van der Waals surface area contributed by atoms with E-state index in [2.05, 4.69) is 66.7 Å². The number of hydrogen-bond donors (Lipinski definition) is 0. The third-order valence-electron chi connectivity index (χ3n) is 7.60. The molecule has 2 aliphatic rings. The lowest BCUT2D eigenvalue weighted by Crippen LogP contribution is -2.28. The molecule has 0 unspecified atom stereocenters. The van der Waals surface area contributed by atoms with Crippen molar-refractivity contribution in [3.05, 3.63) is 107 Å². The second-order valence-electron chi connectivity index (χ2n) is 9.33. The standard InChI is InChI=1S/C31H24ClN/c32-30-7-3-2-6-25(30)24-13-15-27-26-14-12-23(22-10-8-21(20-33)9-11-22)18-28(26)31(29(27)19-24)16-4-1-5-17-31/h2-3,6-15,18-19H,1,4-5,16-17H2. The molecule has 0 amide bonds. The van der Waals surface area contributed by atoms with Crippen LogP contribution in [-0.2, 0) is 5.41 Å². The summed E-state index contributed by atoms with van der Waals surface area (Å²) >= 11 is 6.57. The van der Waals surface area contributed by atoms with E-state index in [1.165, 1.54) is 65.5 Å². The van der Waals surface area contributed by atoms with Crippen molar-refractivity contribution in [2.24, 2.45) is 0 Å². The number of hydrogen-bond acceptors (Lipinski definition) is 1. The molecule has 0 saturated heterocycles. The van der Waals surface area contributed by atoms with Crippen molar-refractivity contribution in [1.29, 1.82) is 5.26 Å². The average molecular weight is 446 g/mol. The zero-order chi connectivity index (χ0) is 22.4. The monoisotopic (exact) mass is 445 g/mol. The normalized spacial score (nSPS) is 15.6. The molecule has 1 saturated carbocycles. The van der Waals surface area contributed by atoms with Gasteiger partial charge in [-0.15, -0.1) is 0 Å². The molecule has 1 nitrogen and oxygen atoms in total. The maximum absolute atomic E-state index is 9.16. The minimum atomic E-state index is 0.0722. The van der Waals surface area contributed by atoms with Crippen LogP contribution in [0.15, 0.2) is 84.9 Å². The molecule has 0 aromatic heterocycles. The van der Waals surface area contributed by atoms with Gasteiger partial charge in [-0.1, -0.05) is 85.5 Å². The van der Waals surface area contributed by atoms with Gasteiger partial charge in [-0.25, -0.2) is 0 Å². The summed E-state index contributed by atoms with van der Waals surface area (Å²) in [5.74, 6) is 0. The maximum atomic E-state index is 9.16. The molecule has 0 N–H and O–H groups in total. The maximum Gasteiger partial charge on any atom is 0.0991 e. The SMILES string of the molecule is N#Cc1ccc(-c2ccc3c(c2)C2(CCCCC2)c2cc(-c4ccccc4Cl)ccc2-3)cc1. The Morgan fingerprint density at radius 1 is 0.636 bits per heavy atom. The van der Waals surface area contributed by atoms with Gasteiger partial charge in [0, 0.05) is 16.0 Å². The van der Waals surface area contributed by atoms with Crippen molar-refractivity contribution in [1.82, 2.24) is 0 Å². The van der Waals surface area contributed by atoms with Crippen molar-refractivity contribution in [2.45, 2.75) is 37.5 Å². The van der Waals surface area contributed by atoms with Crippen molar-refractivity contribution in [3.8, 4) is 39.4 Å².